The summed E-state index contributed by atoms with van der Waals surface area (Å²) in [5.74, 6) is 0.432. The molecule has 2 N–H and O–H groups in total. The van der Waals surface area contributed by atoms with Crippen LogP contribution in [0, 0.1) is 11.8 Å². The van der Waals surface area contributed by atoms with Gasteiger partial charge in [0.25, 0.3) is 0 Å². The van der Waals surface area contributed by atoms with E-state index in [4.69, 9.17) is 5.11 Å². The monoisotopic (exact) mass is 316 g/mol. The fourth-order valence-electron chi connectivity index (χ4n) is 2.89. The molecule has 2 fully saturated rings. The fourth-order valence-corrected chi connectivity index (χ4v) is 2.89. The number of amides is 2. The molecule has 5 nitrogen and oxygen atoms in total. The molecule has 0 aromatic heterocycles. The van der Waals surface area contributed by atoms with E-state index in [1.807, 2.05) is 4.90 Å². The zero-order valence-electron chi connectivity index (χ0n) is 13.3. The summed E-state index contributed by atoms with van der Waals surface area (Å²) in [4.78, 5) is 25.3. The van der Waals surface area contributed by atoms with Gasteiger partial charge in [0, 0.05) is 19.6 Å². The summed E-state index contributed by atoms with van der Waals surface area (Å²) in [6.07, 6.45) is 6.26. The van der Waals surface area contributed by atoms with Crippen molar-refractivity contribution in [2.45, 2.75) is 38.6 Å². The van der Waals surface area contributed by atoms with E-state index in [-0.39, 0.29) is 11.6 Å². The first kappa shape index (κ1) is 15.8. The standard InChI is InChI=1S/C18H24N2O3/c21-17(22)16-8-6-13(7-9-16)10-19-18(23)20(12-15-4-5-15)11-14-2-1-3-14/h6-9,14-15H,1-5,10-12H2,(H,19,23)(H,21,22). The van der Waals surface area contributed by atoms with Gasteiger partial charge in [0.1, 0.15) is 0 Å². The minimum Gasteiger partial charge on any atom is -0.478 e. The van der Waals surface area contributed by atoms with E-state index >= 15 is 0 Å². The Morgan fingerprint density at radius 3 is 2.13 bits per heavy atom. The molecule has 2 saturated carbocycles. The summed E-state index contributed by atoms with van der Waals surface area (Å²) in [6.45, 7) is 2.19. The van der Waals surface area contributed by atoms with Crippen LogP contribution < -0.4 is 5.32 Å². The van der Waals surface area contributed by atoms with Crippen LogP contribution in [0.3, 0.4) is 0 Å². The quantitative estimate of drug-likeness (QED) is 0.812. The summed E-state index contributed by atoms with van der Waals surface area (Å²) < 4.78 is 0. The lowest BCUT2D eigenvalue weighted by Crippen LogP contribution is -2.44. The highest BCUT2D eigenvalue weighted by Gasteiger charge is 2.29. The molecule has 5 heteroatoms. The predicted molar refractivity (Wildman–Crippen MR) is 87.3 cm³/mol. The number of carboxylic acids is 1. The lowest BCUT2D eigenvalue weighted by molar-refractivity contribution is 0.0697. The molecule has 2 aliphatic carbocycles. The van der Waals surface area contributed by atoms with Crippen molar-refractivity contribution in [3.8, 4) is 0 Å². The Balaban J connectivity index is 1.51. The maximum absolute atomic E-state index is 12.5. The van der Waals surface area contributed by atoms with Crippen molar-refractivity contribution in [1.29, 1.82) is 0 Å². The molecular weight excluding hydrogens is 292 g/mol. The van der Waals surface area contributed by atoms with Crippen molar-refractivity contribution < 1.29 is 14.7 Å². The van der Waals surface area contributed by atoms with Crippen LogP contribution >= 0.6 is 0 Å². The Morgan fingerprint density at radius 1 is 1.04 bits per heavy atom. The zero-order valence-corrected chi connectivity index (χ0v) is 13.3. The smallest absolute Gasteiger partial charge is 0.335 e. The molecule has 0 spiro atoms. The Hall–Kier alpha value is -2.04. The third kappa shape index (κ3) is 4.47. The number of urea groups is 1. The highest BCUT2D eigenvalue weighted by Crippen LogP contribution is 2.32. The SMILES string of the molecule is O=C(O)c1ccc(CNC(=O)N(CC2CCC2)CC2CC2)cc1. The van der Waals surface area contributed by atoms with Gasteiger partial charge in [0.2, 0.25) is 0 Å². The highest BCUT2D eigenvalue weighted by molar-refractivity contribution is 5.87. The molecule has 124 valence electrons. The van der Waals surface area contributed by atoms with Crippen molar-refractivity contribution in [3.05, 3.63) is 35.4 Å². The molecule has 0 atom stereocenters. The molecule has 1 aromatic carbocycles. The molecule has 3 rings (SSSR count). The number of nitrogens with one attached hydrogen (secondary N) is 1. The number of carboxylic acid groups (broad SMARTS) is 1. The Kier molecular flexibility index (Phi) is 4.84. The summed E-state index contributed by atoms with van der Waals surface area (Å²) in [5.41, 5.74) is 1.18. The molecule has 2 amide bonds. The van der Waals surface area contributed by atoms with Gasteiger partial charge < -0.3 is 15.3 Å². The number of aromatic carboxylic acids is 1. The van der Waals surface area contributed by atoms with Crippen molar-refractivity contribution in [2.75, 3.05) is 13.1 Å². The zero-order chi connectivity index (χ0) is 16.2. The summed E-state index contributed by atoms with van der Waals surface area (Å²) >= 11 is 0. The maximum Gasteiger partial charge on any atom is 0.335 e. The number of benzene rings is 1. The topological polar surface area (TPSA) is 69.6 Å². The van der Waals surface area contributed by atoms with Crippen molar-refractivity contribution in [2.24, 2.45) is 11.8 Å². The summed E-state index contributed by atoms with van der Waals surface area (Å²) in [6, 6.07) is 6.65. The third-order valence-electron chi connectivity index (χ3n) is 4.81. The first-order chi connectivity index (χ1) is 11.1. The van der Waals surface area contributed by atoms with Gasteiger partial charge in [0.15, 0.2) is 0 Å². The molecule has 23 heavy (non-hydrogen) atoms. The van der Waals surface area contributed by atoms with Gasteiger partial charge in [-0.2, -0.15) is 0 Å². The van der Waals surface area contributed by atoms with Gasteiger partial charge in [0.05, 0.1) is 5.56 Å². The largest absolute Gasteiger partial charge is 0.478 e. The van der Waals surface area contributed by atoms with E-state index in [0.717, 1.165) is 18.7 Å². The van der Waals surface area contributed by atoms with Gasteiger partial charge in [-0.25, -0.2) is 9.59 Å². The first-order valence-electron chi connectivity index (χ1n) is 8.47. The number of hydrogen-bond acceptors (Lipinski definition) is 2. The molecule has 0 unspecified atom stereocenters. The first-order valence-corrected chi connectivity index (χ1v) is 8.47. The molecule has 0 heterocycles. The average Bonchev–Trinajstić information content (AvgIpc) is 3.31. The van der Waals surface area contributed by atoms with Crippen LogP contribution in [0.5, 0.6) is 0 Å². The normalized spacial score (nSPS) is 17.4. The molecule has 0 bridgehead atoms. The molecule has 1 aromatic rings. The second kappa shape index (κ2) is 7.02. The van der Waals surface area contributed by atoms with Gasteiger partial charge in [-0.1, -0.05) is 18.6 Å². The lowest BCUT2D eigenvalue weighted by atomic mass is 9.85. The minimum absolute atomic E-state index is 0.00566. The van der Waals surface area contributed by atoms with E-state index in [2.05, 4.69) is 5.32 Å². The molecule has 0 radical (unpaired) electrons. The van der Waals surface area contributed by atoms with E-state index in [0.29, 0.717) is 18.4 Å². The maximum atomic E-state index is 12.5. The molecule has 0 aliphatic heterocycles. The minimum atomic E-state index is -0.934. The van der Waals surface area contributed by atoms with E-state index in [1.54, 1.807) is 24.3 Å². The van der Waals surface area contributed by atoms with Crippen LogP contribution in [0.4, 0.5) is 4.79 Å². The fraction of sp³-hybridized carbons (Fsp3) is 0.556. The Morgan fingerprint density at radius 2 is 1.65 bits per heavy atom. The Bertz CT molecular complexity index is 562. The van der Waals surface area contributed by atoms with E-state index in [9.17, 15) is 9.59 Å². The average molecular weight is 316 g/mol. The van der Waals surface area contributed by atoms with Crippen LogP contribution in [0.1, 0.15) is 48.0 Å². The number of hydrogen-bond donors (Lipinski definition) is 2. The summed E-state index contributed by atoms with van der Waals surface area (Å²) in [7, 11) is 0. The predicted octanol–water partition coefficient (Wildman–Crippen LogP) is 3.11. The van der Waals surface area contributed by atoms with Crippen molar-refractivity contribution >= 4 is 12.0 Å². The van der Waals surface area contributed by atoms with Crippen molar-refractivity contribution in [1.82, 2.24) is 10.2 Å². The van der Waals surface area contributed by atoms with Crippen LogP contribution in [-0.2, 0) is 6.54 Å². The van der Waals surface area contributed by atoms with Crippen molar-refractivity contribution in [3.63, 3.8) is 0 Å². The highest BCUT2D eigenvalue weighted by atomic mass is 16.4. The van der Waals surface area contributed by atoms with E-state index in [1.165, 1.54) is 32.1 Å². The number of rotatable bonds is 7. The molecular formula is C18H24N2O3. The summed E-state index contributed by atoms with van der Waals surface area (Å²) in [5, 5.41) is 11.9. The Labute approximate surface area is 136 Å². The lowest BCUT2D eigenvalue weighted by Gasteiger charge is -2.32. The van der Waals surface area contributed by atoms with Gasteiger partial charge in [-0.05, 0) is 55.2 Å². The number of carbonyl (C=O) groups excluding carboxylic acids is 1. The van der Waals surface area contributed by atoms with Crippen LogP contribution in [0.25, 0.3) is 0 Å². The van der Waals surface area contributed by atoms with Gasteiger partial charge in [-0.15, -0.1) is 0 Å². The molecule has 2 aliphatic rings. The van der Waals surface area contributed by atoms with Crippen LogP contribution in [0.2, 0.25) is 0 Å². The van der Waals surface area contributed by atoms with Gasteiger partial charge >= 0.3 is 12.0 Å². The molecule has 0 saturated heterocycles. The number of nitrogens with zero attached hydrogens (tertiary/aromatic N) is 1. The second-order valence-electron chi connectivity index (χ2n) is 6.81. The van der Waals surface area contributed by atoms with E-state index < -0.39 is 5.97 Å². The second-order valence-corrected chi connectivity index (χ2v) is 6.81. The van der Waals surface area contributed by atoms with Crippen LogP contribution in [-0.4, -0.2) is 35.1 Å². The number of carbonyl (C=O) groups is 2. The third-order valence-corrected chi connectivity index (χ3v) is 4.81. The van der Waals surface area contributed by atoms with Gasteiger partial charge in [-0.3, -0.25) is 0 Å². The van der Waals surface area contributed by atoms with Crippen LogP contribution in [0.15, 0.2) is 24.3 Å².